The molecule has 1 heterocycles. The van der Waals surface area contributed by atoms with Crippen molar-refractivity contribution in [1.82, 2.24) is 0 Å². The summed E-state index contributed by atoms with van der Waals surface area (Å²) < 4.78 is 5.62. The fourth-order valence-corrected chi connectivity index (χ4v) is 2.10. The molecule has 1 aliphatic heterocycles. The fraction of sp³-hybridized carbons (Fsp3) is 1.00. The first-order valence-electron chi connectivity index (χ1n) is 4.86. The summed E-state index contributed by atoms with van der Waals surface area (Å²) in [4.78, 5) is -0.292. The summed E-state index contributed by atoms with van der Waals surface area (Å²) in [6.45, 7) is 6.98. The van der Waals surface area contributed by atoms with Crippen LogP contribution in [0.1, 0.15) is 33.6 Å². The first-order valence-corrected chi connectivity index (χ1v) is 5.68. The van der Waals surface area contributed by atoms with Crippen LogP contribution in [0.5, 0.6) is 0 Å². The minimum atomic E-state index is -0.292. The molecule has 0 bridgehead atoms. The summed E-state index contributed by atoms with van der Waals surface area (Å²) in [6, 6.07) is 0. The summed E-state index contributed by atoms with van der Waals surface area (Å²) in [5.41, 5.74) is 0. The van der Waals surface area contributed by atoms with Gasteiger partial charge in [-0.2, -0.15) is 0 Å². The van der Waals surface area contributed by atoms with E-state index in [4.69, 9.17) is 27.9 Å². The Bertz CT molecular complexity index is 168. The van der Waals surface area contributed by atoms with Crippen molar-refractivity contribution in [2.24, 2.45) is 5.92 Å². The van der Waals surface area contributed by atoms with E-state index in [2.05, 4.69) is 13.8 Å². The van der Waals surface area contributed by atoms with Gasteiger partial charge >= 0.3 is 0 Å². The number of rotatable bonds is 2. The lowest BCUT2D eigenvalue weighted by Crippen LogP contribution is -2.44. The van der Waals surface area contributed by atoms with Crippen LogP contribution < -0.4 is 0 Å². The molecule has 0 N–H and O–H groups in total. The van der Waals surface area contributed by atoms with Crippen molar-refractivity contribution in [3.63, 3.8) is 0 Å². The van der Waals surface area contributed by atoms with Crippen LogP contribution in [0.25, 0.3) is 0 Å². The van der Waals surface area contributed by atoms with Crippen LogP contribution in [0.3, 0.4) is 0 Å². The largest absolute Gasteiger partial charge is 0.377 e. The van der Waals surface area contributed by atoms with E-state index < -0.39 is 0 Å². The van der Waals surface area contributed by atoms with Gasteiger partial charge in [-0.15, -0.1) is 23.2 Å². The van der Waals surface area contributed by atoms with Crippen molar-refractivity contribution < 1.29 is 4.74 Å². The lowest BCUT2D eigenvalue weighted by molar-refractivity contribution is -0.00638. The van der Waals surface area contributed by atoms with Gasteiger partial charge in [-0.3, -0.25) is 0 Å². The standard InChI is InChI=1S/C10H18Cl2O/c1-7(2)4-8-5-10(3,12)9(11)6-13-8/h7-9H,4-6H2,1-3H3. The highest BCUT2D eigenvalue weighted by molar-refractivity contribution is 6.32. The summed E-state index contributed by atoms with van der Waals surface area (Å²) in [5, 5.41) is -0.0578. The van der Waals surface area contributed by atoms with Crippen LogP contribution >= 0.6 is 23.2 Å². The molecule has 0 aromatic heterocycles. The monoisotopic (exact) mass is 224 g/mol. The molecular weight excluding hydrogens is 207 g/mol. The zero-order chi connectivity index (χ0) is 10.1. The maximum atomic E-state index is 6.29. The lowest BCUT2D eigenvalue weighted by atomic mass is 9.91. The van der Waals surface area contributed by atoms with Crippen molar-refractivity contribution in [1.29, 1.82) is 0 Å². The molecule has 3 unspecified atom stereocenters. The van der Waals surface area contributed by atoms with Gasteiger partial charge in [-0.25, -0.2) is 0 Å². The Hall–Kier alpha value is 0.540. The zero-order valence-electron chi connectivity index (χ0n) is 8.52. The number of hydrogen-bond donors (Lipinski definition) is 0. The Balaban J connectivity index is 2.46. The Morgan fingerprint density at radius 3 is 2.62 bits per heavy atom. The smallest absolute Gasteiger partial charge is 0.0759 e. The SMILES string of the molecule is CC(C)CC1CC(C)(Cl)C(Cl)CO1. The van der Waals surface area contributed by atoms with Crippen molar-refractivity contribution in [3.8, 4) is 0 Å². The first kappa shape index (κ1) is 11.6. The summed E-state index contributed by atoms with van der Waals surface area (Å²) in [6.07, 6.45) is 2.23. The van der Waals surface area contributed by atoms with Crippen molar-refractivity contribution in [2.75, 3.05) is 6.61 Å². The topological polar surface area (TPSA) is 9.23 Å². The Labute approximate surface area is 90.7 Å². The summed E-state index contributed by atoms with van der Waals surface area (Å²) >= 11 is 12.3. The quantitative estimate of drug-likeness (QED) is 0.654. The maximum absolute atomic E-state index is 6.29. The molecule has 1 fully saturated rings. The number of ether oxygens (including phenoxy) is 1. The minimum absolute atomic E-state index is 0.0578. The van der Waals surface area contributed by atoms with E-state index in [1.54, 1.807) is 0 Å². The Morgan fingerprint density at radius 2 is 2.15 bits per heavy atom. The molecule has 0 amide bonds. The molecule has 3 heteroatoms. The van der Waals surface area contributed by atoms with Gasteiger partial charge in [0.15, 0.2) is 0 Å². The molecule has 0 aromatic rings. The van der Waals surface area contributed by atoms with Crippen molar-refractivity contribution >= 4 is 23.2 Å². The van der Waals surface area contributed by atoms with Crippen LogP contribution in [0.15, 0.2) is 0 Å². The minimum Gasteiger partial charge on any atom is -0.377 e. The zero-order valence-corrected chi connectivity index (χ0v) is 10.0. The third-order valence-electron chi connectivity index (χ3n) is 2.49. The van der Waals surface area contributed by atoms with Crippen molar-refractivity contribution in [3.05, 3.63) is 0 Å². The number of alkyl halides is 2. The number of halogens is 2. The van der Waals surface area contributed by atoms with Crippen LogP contribution in [-0.2, 0) is 4.74 Å². The van der Waals surface area contributed by atoms with E-state index in [-0.39, 0.29) is 16.4 Å². The molecule has 0 saturated carbocycles. The molecule has 3 atom stereocenters. The highest BCUT2D eigenvalue weighted by Crippen LogP contribution is 2.36. The Morgan fingerprint density at radius 1 is 1.54 bits per heavy atom. The second-order valence-corrected chi connectivity index (χ2v) is 5.92. The van der Waals surface area contributed by atoms with Crippen LogP contribution in [0.4, 0.5) is 0 Å². The van der Waals surface area contributed by atoms with E-state index in [1.807, 2.05) is 6.92 Å². The summed E-state index contributed by atoms with van der Waals surface area (Å²) in [5.74, 6) is 0.657. The molecule has 0 radical (unpaired) electrons. The molecular formula is C10H18Cl2O. The van der Waals surface area contributed by atoms with Crippen LogP contribution in [-0.4, -0.2) is 23.0 Å². The molecule has 1 rings (SSSR count). The van der Waals surface area contributed by atoms with Gasteiger partial charge in [-0.05, 0) is 25.7 Å². The second kappa shape index (κ2) is 4.37. The molecule has 1 nitrogen and oxygen atoms in total. The van der Waals surface area contributed by atoms with Gasteiger partial charge in [0.1, 0.15) is 0 Å². The van der Waals surface area contributed by atoms with Gasteiger partial charge in [0.25, 0.3) is 0 Å². The van der Waals surface area contributed by atoms with Gasteiger partial charge in [0.2, 0.25) is 0 Å². The van der Waals surface area contributed by atoms with E-state index in [0.29, 0.717) is 12.5 Å². The van der Waals surface area contributed by atoms with Gasteiger partial charge in [0, 0.05) is 0 Å². The van der Waals surface area contributed by atoms with Gasteiger partial charge in [-0.1, -0.05) is 13.8 Å². The predicted octanol–water partition coefficient (Wildman–Crippen LogP) is 3.43. The lowest BCUT2D eigenvalue weighted by Gasteiger charge is -2.37. The van der Waals surface area contributed by atoms with E-state index in [1.165, 1.54) is 0 Å². The Kier molecular flexibility index (Phi) is 3.91. The second-order valence-electron chi connectivity index (χ2n) is 4.53. The maximum Gasteiger partial charge on any atom is 0.0759 e. The van der Waals surface area contributed by atoms with E-state index >= 15 is 0 Å². The fourth-order valence-electron chi connectivity index (χ4n) is 1.70. The number of hydrogen-bond acceptors (Lipinski definition) is 1. The van der Waals surface area contributed by atoms with Gasteiger partial charge in [0.05, 0.1) is 23.0 Å². The molecule has 0 spiro atoms. The van der Waals surface area contributed by atoms with Gasteiger partial charge < -0.3 is 4.74 Å². The molecule has 78 valence electrons. The van der Waals surface area contributed by atoms with Crippen molar-refractivity contribution in [2.45, 2.75) is 50.0 Å². The predicted molar refractivity (Wildman–Crippen MR) is 57.7 cm³/mol. The highest BCUT2D eigenvalue weighted by Gasteiger charge is 2.38. The van der Waals surface area contributed by atoms with Crippen LogP contribution in [0.2, 0.25) is 0 Å². The molecule has 0 aliphatic carbocycles. The normalized spacial score (nSPS) is 41.1. The highest BCUT2D eigenvalue weighted by atomic mass is 35.5. The molecule has 13 heavy (non-hydrogen) atoms. The average molecular weight is 225 g/mol. The first-order chi connectivity index (χ1) is 5.92. The molecule has 1 aliphatic rings. The average Bonchev–Trinajstić information content (AvgIpc) is 1.95. The third-order valence-corrected chi connectivity index (χ3v) is 3.63. The van der Waals surface area contributed by atoms with E-state index in [9.17, 15) is 0 Å². The van der Waals surface area contributed by atoms with E-state index in [0.717, 1.165) is 12.8 Å². The third kappa shape index (κ3) is 3.30. The molecule has 1 saturated heterocycles. The van der Waals surface area contributed by atoms with Crippen LogP contribution in [0, 0.1) is 5.92 Å². The molecule has 0 aromatic carbocycles. The summed E-state index contributed by atoms with van der Waals surface area (Å²) in [7, 11) is 0.